The molecule has 12 nitrogen and oxygen atoms in total. The maximum atomic E-state index is 13.1. The average Bonchev–Trinajstić information content (AvgIpc) is 3.51. The minimum atomic E-state index is -0.473. The Labute approximate surface area is 300 Å². The predicted octanol–water partition coefficient (Wildman–Crippen LogP) is 7.47. The zero-order chi connectivity index (χ0) is 36.1. The normalized spacial score (nSPS) is 15.0. The summed E-state index contributed by atoms with van der Waals surface area (Å²) in [6, 6.07) is 17.3. The molecule has 2 aromatic carbocycles. The maximum Gasteiger partial charge on any atom is 0.407 e. The number of ether oxygens (including phenoxy) is 3. The number of amides is 2. The van der Waals surface area contributed by atoms with Crippen molar-refractivity contribution >= 4 is 28.9 Å². The topological polar surface area (TPSA) is 147 Å². The van der Waals surface area contributed by atoms with Crippen molar-refractivity contribution in [3.8, 4) is 22.8 Å². The lowest BCUT2D eigenvalue weighted by molar-refractivity contribution is -0.127. The number of likely N-dealkylation sites (tertiary alicyclic amines) is 1. The quantitative estimate of drug-likeness (QED) is 0.0899. The third kappa shape index (κ3) is 11.3. The summed E-state index contributed by atoms with van der Waals surface area (Å²) in [5.74, 6) is 1.80. The fraction of sp³-hybridized carbons (Fsp3) is 0.462. The number of fused-ring (bicyclic) bond motifs is 1. The number of benzene rings is 2. The van der Waals surface area contributed by atoms with Crippen LogP contribution in [0.15, 0.2) is 73.1 Å². The first kappa shape index (κ1) is 37.3. The molecular formula is C39H51N7O5. The van der Waals surface area contributed by atoms with E-state index in [2.05, 4.69) is 15.3 Å². The van der Waals surface area contributed by atoms with Crippen LogP contribution in [0.4, 0.5) is 10.6 Å². The highest BCUT2D eigenvalue weighted by atomic mass is 16.6. The first-order valence-corrected chi connectivity index (χ1v) is 18.0. The van der Waals surface area contributed by atoms with Gasteiger partial charge in [-0.25, -0.2) is 19.4 Å². The number of hydrogen-bond donors (Lipinski definition) is 2. The summed E-state index contributed by atoms with van der Waals surface area (Å²) < 4.78 is 18.9. The number of nitrogens with two attached hydrogens (primary N) is 1. The van der Waals surface area contributed by atoms with Gasteiger partial charge in [-0.2, -0.15) is 5.10 Å². The van der Waals surface area contributed by atoms with Crippen LogP contribution in [0.3, 0.4) is 0 Å². The van der Waals surface area contributed by atoms with Gasteiger partial charge >= 0.3 is 6.09 Å². The first-order valence-electron chi connectivity index (χ1n) is 18.0. The van der Waals surface area contributed by atoms with Crippen LogP contribution in [0, 0.1) is 0 Å². The number of nitrogens with zero attached hydrogens (tertiary/aromatic N) is 5. The zero-order valence-electron chi connectivity index (χ0n) is 30.1. The van der Waals surface area contributed by atoms with Crippen molar-refractivity contribution in [1.29, 1.82) is 0 Å². The Morgan fingerprint density at radius 1 is 0.961 bits per heavy atom. The van der Waals surface area contributed by atoms with E-state index in [1.54, 1.807) is 12.2 Å². The van der Waals surface area contributed by atoms with E-state index < -0.39 is 5.60 Å². The smallest absolute Gasteiger partial charge is 0.407 e. The summed E-state index contributed by atoms with van der Waals surface area (Å²) in [7, 11) is 0. The van der Waals surface area contributed by atoms with Gasteiger partial charge in [-0.3, -0.25) is 4.79 Å². The van der Waals surface area contributed by atoms with E-state index in [1.165, 1.54) is 6.33 Å². The van der Waals surface area contributed by atoms with Crippen molar-refractivity contribution in [1.82, 2.24) is 30.0 Å². The molecule has 1 aliphatic heterocycles. The second-order valence-corrected chi connectivity index (χ2v) is 13.8. The summed E-state index contributed by atoms with van der Waals surface area (Å²) in [6.45, 7) is 8.47. The van der Waals surface area contributed by atoms with Crippen molar-refractivity contribution in [2.24, 2.45) is 0 Å². The van der Waals surface area contributed by atoms with Crippen LogP contribution < -0.4 is 15.8 Å². The Kier molecular flexibility index (Phi) is 13.4. The lowest BCUT2D eigenvalue weighted by Gasteiger charge is -2.32. The summed E-state index contributed by atoms with van der Waals surface area (Å²) in [5.41, 5.74) is 8.12. The summed E-state index contributed by atoms with van der Waals surface area (Å²) >= 11 is 0. The number of anilines is 1. The maximum absolute atomic E-state index is 13.1. The Morgan fingerprint density at radius 3 is 2.45 bits per heavy atom. The molecule has 0 radical (unpaired) electrons. The Balaban J connectivity index is 1.05. The zero-order valence-corrected chi connectivity index (χ0v) is 30.1. The Morgan fingerprint density at radius 2 is 1.69 bits per heavy atom. The number of alkyl carbamates (subject to hydrolysis) is 1. The number of carbonyl (C=O) groups excluding carboxylic acids is 2. The van der Waals surface area contributed by atoms with Crippen LogP contribution in [0.5, 0.6) is 11.5 Å². The molecule has 0 unspecified atom stereocenters. The molecule has 5 rings (SSSR count). The van der Waals surface area contributed by atoms with E-state index in [-0.39, 0.29) is 18.0 Å². The van der Waals surface area contributed by atoms with Gasteiger partial charge in [0, 0.05) is 37.9 Å². The van der Waals surface area contributed by atoms with Gasteiger partial charge in [-0.15, -0.1) is 0 Å². The summed E-state index contributed by atoms with van der Waals surface area (Å²) in [5, 5.41) is 8.50. The molecule has 12 heteroatoms. The van der Waals surface area contributed by atoms with Crippen LogP contribution >= 0.6 is 0 Å². The van der Waals surface area contributed by atoms with E-state index in [9.17, 15) is 9.59 Å². The summed E-state index contributed by atoms with van der Waals surface area (Å²) in [6.07, 6.45) is 12.5. The van der Waals surface area contributed by atoms with E-state index in [4.69, 9.17) is 25.0 Å². The molecule has 0 aliphatic carbocycles. The van der Waals surface area contributed by atoms with Gasteiger partial charge in [-0.1, -0.05) is 50.0 Å². The molecule has 272 valence electrons. The largest absolute Gasteiger partial charge is 0.457 e. The fourth-order valence-electron chi connectivity index (χ4n) is 6.06. The number of para-hydroxylation sites is 1. The van der Waals surface area contributed by atoms with E-state index in [0.717, 1.165) is 62.7 Å². The molecule has 4 aromatic rings. The van der Waals surface area contributed by atoms with Crippen molar-refractivity contribution in [3.63, 3.8) is 0 Å². The molecule has 0 saturated carbocycles. The standard InChI is InChI=1S/C39H51N7O5/c1-39(2,3)51-38(48)41-23-11-6-4-5-7-12-25-49-26-14-18-33(47)45-24-13-15-30(27-45)46-37-34(36(40)42-28-43-37)35(44-46)29-19-21-32(22-20-29)50-31-16-9-8-10-17-31/h8-10,14,16-22,28,30H,4-7,11-13,15,23-27H2,1-3H3,(H,41,48)(H2,40,42,43)/b18-14+/t30-/m1/s1. The van der Waals surface area contributed by atoms with Crippen LogP contribution in [0.1, 0.15) is 78.2 Å². The molecule has 51 heavy (non-hydrogen) atoms. The van der Waals surface area contributed by atoms with Gasteiger partial charge in [0.25, 0.3) is 0 Å². The molecular weight excluding hydrogens is 646 g/mol. The number of carbonyl (C=O) groups is 2. The average molecular weight is 698 g/mol. The molecule has 3 N–H and O–H groups in total. The molecule has 1 saturated heterocycles. The molecule has 0 bridgehead atoms. The predicted molar refractivity (Wildman–Crippen MR) is 198 cm³/mol. The van der Waals surface area contributed by atoms with Crippen molar-refractivity contribution in [2.45, 2.75) is 83.8 Å². The minimum absolute atomic E-state index is 0.0377. The number of nitrogen functional groups attached to an aromatic ring is 1. The lowest BCUT2D eigenvalue weighted by Crippen LogP contribution is -2.40. The minimum Gasteiger partial charge on any atom is -0.457 e. The first-order chi connectivity index (χ1) is 24.7. The number of hydrogen-bond acceptors (Lipinski definition) is 9. The van der Waals surface area contributed by atoms with Gasteiger partial charge < -0.3 is 30.2 Å². The monoisotopic (exact) mass is 697 g/mol. The highest BCUT2D eigenvalue weighted by Gasteiger charge is 2.28. The second-order valence-electron chi connectivity index (χ2n) is 13.8. The van der Waals surface area contributed by atoms with Crippen LogP contribution in [-0.4, -0.2) is 75.1 Å². The molecule has 0 spiro atoms. The van der Waals surface area contributed by atoms with Gasteiger partial charge in [-0.05, 0) is 82.9 Å². The molecule has 1 atom stereocenters. The van der Waals surface area contributed by atoms with Crippen LogP contribution in [0.25, 0.3) is 22.3 Å². The van der Waals surface area contributed by atoms with E-state index >= 15 is 0 Å². The summed E-state index contributed by atoms with van der Waals surface area (Å²) in [4.78, 5) is 35.5. The van der Waals surface area contributed by atoms with E-state index in [0.29, 0.717) is 61.1 Å². The molecule has 2 aromatic heterocycles. The van der Waals surface area contributed by atoms with Gasteiger partial charge in [0.05, 0.1) is 18.0 Å². The molecule has 3 heterocycles. The van der Waals surface area contributed by atoms with Crippen LogP contribution in [0.2, 0.25) is 0 Å². The Bertz CT molecular complexity index is 1730. The Hall–Kier alpha value is -4.97. The van der Waals surface area contributed by atoms with E-state index in [1.807, 2.05) is 85.0 Å². The van der Waals surface area contributed by atoms with Crippen molar-refractivity contribution in [2.75, 3.05) is 38.6 Å². The third-order valence-corrected chi connectivity index (χ3v) is 8.54. The third-order valence-electron chi connectivity index (χ3n) is 8.54. The SMILES string of the molecule is CC(C)(C)OC(=O)NCCCCCCCCOC/C=C/C(=O)N1CCC[C@@H](n2nc(-c3ccc(Oc4ccccc4)cc3)c3c(N)ncnc32)C1. The van der Waals surface area contributed by atoms with Crippen molar-refractivity contribution < 1.29 is 23.8 Å². The fourth-order valence-corrected chi connectivity index (χ4v) is 6.06. The lowest BCUT2D eigenvalue weighted by atomic mass is 10.1. The highest BCUT2D eigenvalue weighted by molar-refractivity contribution is 5.98. The highest BCUT2D eigenvalue weighted by Crippen LogP contribution is 2.35. The number of piperidine rings is 1. The number of rotatable bonds is 16. The van der Waals surface area contributed by atoms with Gasteiger partial charge in [0.15, 0.2) is 5.65 Å². The van der Waals surface area contributed by atoms with Gasteiger partial charge in [0.2, 0.25) is 5.91 Å². The second kappa shape index (κ2) is 18.3. The molecule has 1 fully saturated rings. The van der Waals surface area contributed by atoms with Crippen LogP contribution in [-0.2, 0) is 14.3 Å². The molecule has 1 aliphatic rings. The number of aromatic nitrogens is 4. The molecule has 2 amide bonds. The number of unbranched alkanes of at least 4 members (excludes halogenated alkanes) is 5. The van der Waals surface area contributed by atoms with Crippen molar-refractivity contribution in [3.05, 3.63) is 73.1 Å². The van der Waals surface area contributed by atoms with Gasteiger partial charge in [0.1, 0.15) is 34.9 Å². The number of nitrogens with one attached hydrogen (secondary N) is 1.